The maximum atomic E-state index is 12.8. The molecule has 1 heterocycles. The number of sulfonamides is 1. The average molecular weight is 423 g/mol. The second-order valence-electron chi connectivity index (χ2n) is 8.06. The van der Waals surface area contributed by atoms with Gasteiger partial charge < -0.3 is 10.2 Å². The van der Waals surface area contributed by atoms with Gasteiger partial charge in [0.05, 0.1) is 11.4 Å². The molecule has 0 radical (unpaired) electrons. The first-order valence-electron chi connectivity index (χ1n) is 10.2. The zero-order valence-electron chi connectivity index (χ0n) is 17.1. The van der Waals surface area contributed by atoms with Gasteiger partial charge in [-0.25, -0.2) is 13.1 Å². The zero-order valence-corrected chi connectivity index (χ0v) is 17.9. The van der Waals surface area contributed by atoms with Crippen LogP contribution in [-0.4, -0.2) is 74.8 Å². The summed E-state index contributed by atoms with van der Waals surface area (Å²) in [5.41, 5.74) is 0.473. The van der Waals surface area contributed by atoms with E-state index < -0.39 is 10.0 Å². The molecule has 1 aromatic rings. The number of amides is 2. The van der Waals surface area contributed by atoms with Gasteiger partial charge in [-0.3, -0.25) is 14.5 Å². The molecule has 8 nitrogen and oxygen atoms in total. The molecule has 160 valence electrons. The lowest BCUT2D eigenvalue weighted by molar-refractivity contribution is -0.122. The van der Waals surface area contributed by atoms with Crippen molar-refractivity contribution in [2.24, 2.45) is 0 Å². The third-order valence-corrected chi connectivity index (χ3v) is 6.54. The second kappa shape index (κ2) is 9.23. The summed E-state index contributed by atoms with van der Waals surface area (Å²) >= 11 is 0. The van der Waals surface area contributed by atoms with Gasteiger partial charge in [-0.1, -0.05) is 0 Å². The number of benzene rings is 1. The Morgan fingerprint density at radius 2 is 1.76 bits per heavy atom. The lowest BCUT2D eigenvalue weighted by Gasteiger charge is -2.22. The monoisotopic (exact) mass is 422 g/mol. The molecular weight excluding hydrogens is 392 g/mol. The van der Waals surface area contributed by atoms with Crippen molar-refractivity contribution in [3.05, 3.63) is 29.8 Å². The second-order valence-corrected chi connectivity index (χ2v) is 9.78. The smallest absolute Gasteiger partial charge is 0.253 e. The van der Waals surface area contributed by atoms with E-state index in [-0.39, 0.29) is 28.8 Å². The first kappa shape index (κ1) is 21.7. The third kappa shape index (κ3) is 6.25. The van der Waals surface area contributed by atoms with E-state index in [0.717, 1.165) is 25.8 Å². The molecule has 0 bridgehead atoms. The standard InChI is InChI=1S/C20H30N4O4S/c1-15(2)21-19(25)14-23-10-3-11-24(13-12-23)20(26)16-4-8-18(9-5-16)29(27,28)22-17-6-7-17/h4-5,8-9,15,17,22H,3,6-7,10-14H2,1-2H3,(H,21,25). The highest BCUT2D eigenvalue weighted by Gasteiger charge is 2.28. The fraction of sp³-hybridized carbons (Fsp3) is 0.600. The molecule has 29 heavy (non-hydrogen) atoms. The number of nitrogens with one attached hydrogen (secondary N) is 2. The van der Waals surface area contributed by atoms with Gasteiger partial charge in [0.25, 0.3) is 5.91 Å². The van der Waals surface area contributed by atoms with Crippen molar-refractivity contribution in [1.29, 1.82) is 0 Å². The van der Waals surface area contributed by atoms with Crippen molar-refractivity contribution < 1.29 is 18.0 Å². The normalized spacial score (nSPS) is 18.5. The van der Waals surface area contributed by atoms with Crippen LogP contribution < -0.4 is 10.0 Å². The van der Waals surface area contributed by atoms with Crippen LogP contribution in [-0.2, 0) is 14.8 Å². The SMILES string of the molecule is CC(C)NC(=O)CN1CCCN(C(=O)c2ccc(S(=O)(=O)NC3CC3)cc2)CC1. The Balaban J connectivity index is 1.56. The van der Waals surface area contributed by atoms with Gasteiger partial charge in [0, 0.05) is 43.8 Å². The highest BCUT2D eigenvalue weighted by Crippen LogP contribution is 2.22. The molecule has 2 fully saturated rings. The number of hydrogen-bond acceptors (Lipinski definition) is 5. The summed E-state index contributed by atoms with van der Waals surface area (Å²) < 4.78 is 27.2. The van der Waals surface area contributed by atoms with E-state index in [4.69, 9.17) is 0 Å². The van der Waals surface area contributed by atoms with Gasteiger partial charge in [0.2, 0.25) is 15.9 Å². The molecule has 2 amide bonds. The Bertz CT molecular complexity index is 835. The molecule has 2 N–H and O–H groups in total. The van der Waals surface area contributed by atoms with E-state index in [9.17, 15) is 18.0 Å². The van der Waals surface area contributed by atoms with E-state index >= 15 is 0 Å². The average Bonchev–Trinajstić information content (AvgIpc) is 3.48. The maximum absolute atomic E-state index is 12.8. The molecule has 1 saturated carbocycles. The summed E-state index contributed by atoms with van der Waals surface area (Å²) in [5.74, 6) is -0.117. The topological polar surface area (TPSA) is 98.8 Å². The maximum Gasteiger partial charge on any atom is 0.253 e. The van der Waals surface area contributed by atoms with Gasteiger partial charge in [-0.05, 0) is 57.4 Å². The van der Waals surface area contributed by atoms with Crippen molar-refractivity contribution in [3.63, 3.8) is 0 Å². The molecule has 1 saturated heterocycles. The van der Waals surface area contributed by atoms with Crippen molar-refractivity contribution in [2.75, 3.05) is 32.7 Å². The number of nitrogens with zero attached hydrogens (tertiary/aromatic N) is 2. The largest absolute Gasteiger partial charge is 0.353 e. The Labute approximate surface area is 172 Å². The first-order valence-corrected chi connectivity index (χ1v) is 11.7. The minimum absolute atomic E-state index is 0.00335. The summed E-state index contributed by atoms with van der Waals surface area (Å²) in [7, 11) is -3.52. The summed E-state index contributed by atoms with van der Waals surface area (Å²) in [5, 5.41) is 2.89. The minimum Gasteiger partial charge on any atom is -0.353 e. The summed E-state index contributed by atoms with van der Waals surface area (Å²) in [6.45, 7) is 6.75. The minimum atomic E-state index is -3.52. The molecule has 0 atom stereocenters. The van der Waals surface area contributed by atoms with E-state index in [1.807, 2.05) is 13.8 Å². The highest BCUT2D eigenvalue weighted by atomic mass is 32.2. The van der Waals surface area contributed by atoms with Gasteiger partial charge in [0.15, 0.2) is 0 Å². The van der Waals surface area contributed by atoms with Crippen LogP contribution in [0.15, 0.2) is 29.2 Å². The van der Waals surface area contributed by atoms with E-state index in [2.05, 4.69) is 14.9 Å². The molecule has 0 spiro atoms. The first-order chi connectivity index (χ1) is 13.7. The van der Waals surface area contributed by atoms with E-state index in [0.29, 0.717) is 31.7 Å². The Hall–Kier alpha value is -1.97. The van der Waals surface area contributed by atoms with Crippen molar-refractivity contribution in [2.45, 2.75) is 50.1 Å². The highest BCUT2D eigenvalue weighted by molar-refractivity contribution is 7.89. The van der Waals surface area contributed by atoms with Crippen molar-refractivity contribution in [1.82, 2.24) is 19.8 Å². The van der Waals surface area contributed by atoms with Crippen molar-refractivity contribution in [3.8, 4) is 0 Å². The van der Waals surface area contributed by atoms with Gasteiger partial charge in [0.1, 0.15) is 0 Å². The summed E-state index contributed by atoms with van der Waals surface area (Å²) in [6.07, 6.45) is 2.54. The van der Waals surface area contributed by atoms with E-state index in [1.165, 1.54) is 12.1 Å². The van der Waals surface area contributed by atoms with Crippen LogP contribution in [0.3, 0.4) is 0 Å². The number of hydrogen-bond donors (Lipinski definition) is 2. The fourth-order valence-electron chi connectivity index (χ4n) is 3.35. The van der Waals surface area contributed by atoms with E-state index in [1.54, 1.807) is 17.0 Å². The summed E-state index contributed by atoms with van der Waals surface area (Å²) in [6, 6.07) is 6.27. The molecular formula is C20H30N4O4S. The number of rotatable bonds is 7. The van der Waals surface area contributed by atoms with Gasteiger partial charge >= 0.3 is 0 Å². The van der Waals surface area contributed by atoms with Crippen LogP contribution in [0, 0.1) is 0 Å². The van der Waals surface area contributed by atoms with Gasteiger partial charge in [-0.15, -0.1) is 0 Å². The third-order valence-electron chi connectivity index (χ3n) is 5.00. The van der Waals surface area contributed by atoms with Crippen LogP contribution in [0.2, 0.25) is 0 Å². The lowest BCUT2D eigenvalue weighted by Crippen LogP contribution is -2.42. The van der Waals surface area contributed by atoms with Gasteiger partial charge in [-0.2, -0.15) is 0 Å². The quantitative estimate of drug-likeness (QED) is 0.677. The molecule has 9 heteroatoms. The van der Waals surface area contributed by atoms with Crippen LogP contribution in [0.5, 0.6) is 0 Å². The Kier molecular flexibility index (Phi) is 6.92. The molecule has 3 rings (SSSR count). The van der Waals surface area contributed by atoms with Crippen LogP contribution in [0.1, 0.15) is 43.5 Å². The lowest BCUT2D eigenvalue weighted by atomic mass is 10.2. The predicted molar refractivity (Wildman–Crippen MR) is 110 cm³/mol. The molecule has 0 aromatic heterocycles. The fourth-order valence-corrected chi connectivity index (χ4v) is 4.66. The van der Waals surface area contributed by atoms with Crippen LogP contribution in [0.25, 0.3) is 0 Å². The molecule has 1 aromatic carbocycles. The Morgan fingerprint density at radius 1 is 1.07 bits per heavy atom. The number of carbonyl (C=O) groups excluding carboxylic acids is 2. The molecule has 1 aliphatic carbocycles. The predicted octanol–water partition coefficient (Wildman–Crippen LogP) is 0.800. The molecule has 0 unspecified atom stereocenters. The molecule has 2 aliphatic rings. The molecule has 1 aliphatic heterocycles. The van der Waals surface area contributed by atoms with Crippen molar-refractivity contribution >= 4 is 21.8 Å². The number of carbonyl (C=O) groups is 2. The zero-order chi connectivity index (χ0) is 21.0. The summed E-state index contributed by atoms with van der Waals surface area (Å²) in [4.78, 5) is 28.8. The Morgan fingerprint density at radius 3 is 2.38 bits per heavy atom. The van der Waals surface area contributed by atoms with Crippen LogP contribution in [0.4, 0.5) is 0 Å². The van der Waals surface area contributed by atoms with Crippen LogP contribution >= 0.6 is 0 Å².